The van der Waals surface area contributed by atoms with Crippen molar-refractivity contribution in [1.82, 2.24) is 34.3 Å². The number of hydrogen-bond donors (Lipinski definition) is 2. The number of likely N-dealkylation sites (tertiary alicyclic amines) is 1. The third kappa shape index (κ3) is 6.31. The Balaban J connectivity index is 1.37. The van der Waals surface area contributed by atoms with E-state index in [4.69, 9.17) is 16.7 Å². The van der Waals surface area contributed by atoms with Crippen LogP contribution in [-0.2, 0) is 9.59 Å². The van der Waals surface area contributed by atoms with Gasteiger partial charge in [-0.2, -0.15) is 4.68 Å². The number of aromatic nitrogens is 4. The van der Waals surface area contributed by atoms with Crippen molar-refractivity contribution in [3.05, 3.63) is 71.5 Å². The summed E-state index contributed by atoms with van der Waals surface area (Å²) in [5.41, 5.74) is 2.05. The van der Waals surface area contributed by atoms with Crippen LogP contribution in [0, 0.1) is 0 Å². The number of piperazine rings is 1. The van der Waals surface area contributed by atoms with E-state index in [0.29, 0.717) is 34.9 Å². The van der Waals surface area contributed by atoms with E-state index in [1.54, 1.807) is 29.2 Å². The molecule has 0 bridgehead atoms. The monoisotopic (exact) mass is 567 g/mol. The maximum absolute atomic E-state index is 13.6. The SMILES string of the molecule is CC1CN(C2CC(C(=O)Nc3ccccc3)N(C(=O)/C=C/c3cc(Cl)ccc3-n3cnnn3)C2)CCN1SN. The molecule has 2 fully saturated rings. The zero-order chi connectivity index (χ0) is 27.4. The van der Waals surface area contributed by atoms with Crippen LogP contribution in [0.1, 0.15) is 18.9 Å². The summed E-state index contributed by atoms with van der Waals surface area (Å²) in [6.07, 6.45) is 5.19. The lowest BCUT2D eigenvalue weighted by Gasteiger charge is -2.40. The molecule has 1 aromatic heterocycles. The number of carbonyl (C=O) groups is 2. The summed E-state index contributed by atoms with van der Waals surface area (Å²) in [7, 11) is 0. The van der Waals surface area contributed by atoms with Crippen LogP contribution in [0.5, 0.6) is 0 Å². The Morgan fingerprint density at radius 1 is 1.15 bits per heavy atom. The van der Waals surface area contributed by atoms with Gasteiger partial charge >= 0.3 is 0 Å². The molecule has 3 aromatic rings. The summed E-state index contributed by atoms with van der Waals surface area (Å²) in [5.74, 6) is -0.454. The lowest BCUT2D eigenvalue weighted by atomic mass is 10.1. The third-order valence-electron chi connectivity index (χ3n) is 7.15. The van der Waals surface area contributed by atoms with Crippen molar-refractivity contribution < 1.29 is 9.59 Å². The Bertz CT molecular complexity index is 1320. The fourth-order valence-corrected chi connectivity index (χ4v) is 5.81. The van der Waals surface area contributed by atoms with Crippen molar-refractivity contribution in [3.8, 4) is 5.69 Å². The van der Waals surface area contributed by atoms with Gasteiger partial charge < -0.3 is 10.2 Å². The van der Waals surface area contributed by atoms with Gasteiger partial charge in [-0.05, 0) is 60.2 Å². The molecule has 5 rings (SSSR count). The lowest BCUT2D eigenvalue weighted by molar-refractivity contribution is -0.132. The highest BCUT2D eigenvalue weighted by Gasteiger charge is 2.42. The first kappa shape index (κ1) is 27.3. The Morgan fingerprint density at radius 3 is 2.69 bits per heavy atom. The molecule has 204 valence electrons. The summed E-state index contributed by atoms with van der Waals surface area (Å²) < 4.78 is 3.66. The van der Waals surface area contributed by atoms with Crippen LogP contribution in [0.3, 0.4) is 0 Å². The van der Waals surface area contributed by atoms with Gasteiger partial charge in [-0.25, -0.2) is 4.31 Å². The predicted molar refractivity (Wildman–Crippen MR) is 152 cm³/mol. The lowest BCUT2D eigenvalue weighted by Crippen LogP contribution is -2.53. The van der Waals surface area contributed by atoms with E-state index in [1.165, 1.54) is 29.2 Å². The van der Waals surface area contributed by atoms with Crippen LogP contribution >= 0.6 is 23.7 Å². The minimum atomic E-state index is -0.608. The normalized spacial score (nSPS) is 22.4. The minimum Gasteiger partial charge on any atom is -0.325 e. The number of rotatable bonds is 7. The number of para-hydroxylation sites is 1. The molecule has 2 aliphatic rings. The van der Waals surface area contributed by atoms with Gasteiger partial charge in [0.25, 0.3) is 0 Å². The second-order valence-electron chi connectivity index (χ2n) is 9.63. The molecule has 11 nitrogen and oxygen atoms in total. The van der Waals surface area contributed by atoms with E-state index < -0.39 is 6.04 Å². The van der Waals surface area contributed by atoms with Gasteiger partial charge in [0, 0.05) is 72.7 Å². The van der Waals surface area contributed by atoms with Gasteiger partial charge in [0.1, 0.15) is 12.4 Å². The van der Waals surface area contributed by atoms with Crippen LogP contribution in [0.15, 0.2) is 60.9 Å². The highest BCUT2D eigenvalue weighted by Crippen LogP contribution is 2.28. The fourth-order valence-electron chi connectivity index (χ4n) is 5.17. The van der Waals surface area contributed by atoms with Crippen LogP contribution in [0.25, 0.3) is 11.8 Å². The fraction of sp³-hybridized carbons (Fsp3) is 0.346. The largest absolute Gasteiger partial charge is 0.325 e. The van der Waals surface area contributed by atoms with Gasteiger partial charge in [0.05, 0.1) is 5.69 Å². The molecule has 13 heteroatoms. The number of halogens is 1. The number of benzene rings is 2. The second kappa shape index (κ2) is 12.3. The zero-order valence-corrected chi connectivity index (χ0v) is 23.0. The molecule has 0 spiro atoms. The summed E-state index contributed by atoms with van der Waals surface area (Å²) >= 11 is 7.50. The summed E-state index contributed by atoms with van der Waals surface area (Å²) in [5, 5.41) is 20.6. The molecule has 2 saturated heterocycles. The number of anilines is 1. The molecule has 39 heavy (non-hydrogen) atoms. The standard InChI is InChI=1S/C26H30ClN9O2S/c1-18-15-33(11-12-36(18)39-28)22-14-24(26(38)30-21-5-3-2-4-6-21)34(16-22)25(37)10-7-19-13-20(27)8-9-23(19)35-17-29-31-32-35/h2-10,13,17-18,22,24H,11-12,14-16,28H2,1H3,(H,30,38)/b10-7+. The Kier molecular flexibility index (Phi) is 8.58. The quantitative estimate of drug-likeness (QED) is 0.327. The smallest absolute Gasteiger partial charge is 0.247 e. The van der Waals surface area contributed by atoms with Crippen molar-refractivity contribution in [2.75, 3.05) is 31.5 Å². The van der Waals surface area contributed by atoms with Crippen molar-refractivity contribution in [1.29, 1.82) is 0 Å². The van der Waals surface area contributed by atoms with Crippen molar-refractivity contribution in [3.63, 3.8) is 0 Å². The van der Waals surface area contributed by atoms with Gasteiger partial charge in [-0.1, -0.05) is 29.8 Å². The summed E-state index contributed by atoms with van der Waals surface area (Å²) in [6.45, 7) is 5.05. The first-order chi connectivity index (χ1) is 18.9. The molecule has 3 atom stereocenters. The Morgan fingerprint density at radius 2 is 1.97 bits per heavy atom. The number of nitrogens with one attached hydrogen (secondary N) is 1. The molecule has 2 amide bonds. The topological polar surface area (TPSA) is 126 Å². The molecule has 0 saturated carbocycles. The van der Waals surface area contributed by atoms with Gasteiger partial charge in [-0.3, -0.25) is 19.6 Å². The highest BCUT2D eigenvalue weighted by molar-refractivity contribution is 7.94. The van der Waals surface area contributed by atoms with Crippen LogP contribution in [-0.4, -0.2) is 90.4 Å². The van der Waals surface area contributed by atoms with E-state index in [1.807, 2.05) is 30.3 Å². The van der Waals surface area contributed by atoms with Crippen molar-refractivity contribution in [2.24, 2.45) is 5.14 Å². The molecular weight excluding hydrogens is 538 g/mol. The van der Waals surface area contributed by atoms with Crippen LogP contribution in [0.4, 0.5) is 5.69 Å². The molecule has 2 aliphatic heterocycles. The average molecular weight is 568 g/mol. The van der Waals surface area contributed by atoms with Crippen LogP contribution < -0.4 is 10.5 Å². The maximum atomic E-state index is 13.6. The third-order valence-corrected chi connectivity index (χ3v) is 8.20. The first-order valence-corrected chi connectivity index (χ1v) is 13.9. The number of carbonyl (C=O) groups excluding carboxylic acids is 2. The summed E-state index contributed by atoms with van der Waals surface area (Å²) in [6, 6.07) is 14.3. The number of nitrogens with zero attached hydrogens (tertiary/aromatic N) is 7. The van der Waals surface area contributed by atoms with E-state index >= 15 is 0 Å². The molecule has 0 radical (unpaired) electrons. The predicted octanol–water partition coefficient (Wildman–Crippen LogP) is 2.47. The van der Waals surface area contributed by atoms with E-state index in [9.17, 15) is 9.59 Å². The van der Waals surface area contributed by atoms with E-state index in [-0.39, 0.29) is 23.9 Å². The molecule has 3 heterocycles. The molecule has 3 N–H and O–H groups in total. The number of nitrogens with two attached hydrogens (primary N) is 1. The maximum Gasteiger partial charge on any atom is 0.247 e. The van der Waals surface area contributed by atoms with Gasteiger partial charge in [0.15, 0.2) is 0 Å². The molecule has 2 aromatic carbocycles. The van der Waals surface area contributed by atoms with E-state index in [0.717, 1.165) is 19.6 Å². The van der Waals surface area contributed by atoms with Crippen molar-refractivity contribution in [2.45, 2.75) is 31.5 Å². The first-order valence-electron chi connectivity index (χ1n) is 12.7. The average Bonchev–Trinajstić information content (AvgIpc) is 3.63. The Hall–Kier alpha value is -3.29. The highest BCUT2D eigenvalue weighted by atomic mass is 35.5. The Labute approximate surface area is 236 Å². The van der Waals surface area contributed by atoms with Gasteiger partial charge in [-0.15, -0.1) is 5.10 Å². The van der Waals surface area contributed by atoms with Gasteiger partial charge in [0.2, 0.25) is 11.8 Å². The number of hydrogen-bond acceptors (Lipinski definition) is 9. The number of tetrazole rings is 1. The van der Waals surface area contributed by atoms with Crippen LogP contribution in [0.2, 0.25) is 5.02 Å². The minimum absolute atomic E-state index is 0.0594. The zero-order valence-electron chi connectivity index (χ0n) is 21.4. The molecule has 0 aliphatic carbocycles. The van der Waals surface area contributed by atoms with Crippen molar-refractivity contribution >= 4 is 47.3 Å². The molecule has 3 unspecified atom stereocenters. The number of amides is 2. The second-order valence-corrected chi connectivity index (χ2v) is 10.7. The van der Waals surface area contributed by atoms with E-state index in [2.05, 4.69) is 37.0 Å². The molecular formula is C26H30ClN9O2S. The summed E-state index contributed by atoms with van der Waals surface area (Å²) in [4.78, 5) is 31.0.